The molecule has 3 atom stereocenters. The zero-order valence-corrected chi connectivity index (χ0v) is 11.8. The maximum Gasteiger partial charge on any atom is 0.320 e. The van der Waals surface area contributed by atoms with Gasteiger partial charge in [-0.15, -0.1) is 0 Å². The summed E-state index contributed by atoms with van der Waals surface area (Å²) in [6, 6.07) is 0.357. The highest BCUT2D eigenvalue weighted by atomic mass is 79.9. The molecule has 1 aliphatic heterocycles. The molecule has 3 unspecified atom stereocenters. The lowest BCUT2D eigenvalue weighted by Crippen LogP contribution is -2.48. The Morgan fingerprint density at radius 1 is 1.53 bits per heavy atom. The van der Waals surface area contributed by atoms with Gasteiger partial charge in [-0.25, -0.2) is 0 Å². The number of carbonyl (C=O) groups excluding carboxylic acids is 2. The van der Waals surface area contributed by atoms with Gasteiger partial charge in [-0.05, 0) is 19.8 Å². The Labute approximate surface area is 110 Å². The van der Waals surface area contributed by atoms with Crippen LogP contribution in [0.5, 0.6) is 0 Å². The lowest BCUT2D eigenvalue weighted by Gasteiger charge is -2.37. The van der Waals surface area contributed by atoms with Crippen LogP contribution < -0.4 is 5.73 Å². The molecule has 1 fully saturated rings. The van der Waals surface area contributed by atoms with E-state index in [0.29, 0.717) is 19.1 Å². The summed E-state index contributed by atoms with van der Waals surface area (Å²) in [6.45, 7) is 3.25. The highest BCUT2D eigenvalue weighted by molar-refractivity contribution is 9.10. The predicted octanol–water partition coefficient (Wildman–Crippen LogP) is 0.509. The van der Waals surface area contributed by atoms with Crippen molar-refractivity contribution in [2.75, 3.05) is 20.2 Å². The number of alkyl halides is 1. The van der Waals surface area contributed by atoms with E-state index in [0.717, 1.165) is 12.8 Å². The second-order valence-corrected chi connectivity index (χ2v) is 5.58. The molecule has 0 radical (unpaired) electrons. The van der Waals surface area contributed by atoms with E-state index in [4.69, 9.17) is 5.73 Å². The van der Waals surface area contributed by atoms with Gasteiger partial charge in [-0.1, -0.05) is 15.9 Å². The third-order valence-electron chi connectivity index (χ3n) is 3.27. The molecule has 0 spiro atoms. The molecule has 1 saturated heterocycles. The van der Waals surface area contributed by atoms with Gasteiger partial charge in [0.25, 0.3) is 0 Å². The number of hydrogen-bond donors (Lipinski definition) is 1. The number of piperidine rings is 1. The Morgan fingerprint density at radius 2 is 2.18 bits per heavy atom. The van der Waals surface area contributed by atoms with Gasteiger partial charge in [0.15, 0.2) is 0 Å². The molecule has 17 heavy (non-hydrogen) atoms. The molecule has 0 saturated carbocycles. The fraction of sp³-hybridized carbons (Fsp3) is 0.818. The number of nitrogens with zero attached hydrogens (tertiary/aromatic N) is 1. The Balaban J connectivity index is 2.55. The van der Waals surface area contributed by atoms with E-state index in [2.05, 4.69) is 32.5 Å². The molecule has 2 N–H and O–H groups in total. The van der Waals surface area contributed by atoms with E-state index in [9.17, 15) is 9.59 Å². The molecule has 0 aliphatic carbocycles. The first-order valence-corrected chi connectivity index (χ1v) is 6.62. The van der Waals surface area contributed by atoms with Crippen molar-refractivity contribution >= 4 is 27.8 Å². The third kappa shape index (κ3) is 3.96. The Kier molecular flexibility index (Phi) is 5.39. The molecule has 5 nitrogen and oxygen atoms in total. The number of primary amides is 1. The molecule has 0 aromatic carbocycles. The summed E-state index contributed by atoms with van der Waals surface area (Å²) in [4.78, 5) is 24.2. The van der Waals surface area contributed by atoms with E-state index < -0.39 is 0 Å². The minimum atomic E-state index is -0.360. The summed E-state index contributed by atoms with van der Waals surface area (Å²) in [6.07, 6.45) is 1.76. The van der Waals surface area contributed by atoms with Gasteiger partial charge >= 0.3 is 5.97 Å². The number of amides is 1. The van der Waals surface area contributed by atoms with Crippen LogP contribution in [0.15, 0.2) is 0 Å². The fourth-order valence-electron chi connectivity index (χ4n) is 2.07. The summed E-state index contributed by atoms with van der Waals surface area (Å²) >= 11 is 3.29. The smallest absolute Gasteiger partial charge is 0.320 e. The van der Waals surface area contributed by atoms with Crippen molar-refractivity contribution in [3.05, 3.63) is 0 Å². The monoisotopic (exact) mass is 306 g/mol. The van der Waals surface area contributed by atoms with Crippen LogP contribution in [0.1, 0.15) is 19.8 Å². The SMILES string of the molecule is COC(=O)C(Br)CN1CC(C(N)=O)CCC1C. The number of likely N-dealkylation sites (tertiary alicyclic amines) is 1. The van der Waals surface area contributed by atoms with Crippen LogP contribution >= 0.6 is 15.9 Å². The molecule has 0 aromatic rings. The summed E-state index contributed by atoms with van der Waals surface area (Å²) in [5, 5.41) is 0. The Bertz CT molecular complexity index is 298. The molecule has 1 aliphatic rings. The third-order valence-corrected chi connectivity index (χ3v) is 3.93. The molecule has 98 valence electrons. The van der Waals surface area contributed by atoms with Crippen LogP contribution in [-0.4, -0.2) is 47.8 Å². The van der Waals surface area contributed by atoms with Crippen LogP contribution in [0.2, 0.25) is 0 Å². The maximum atomic E-state index is 11.3. The average molecular weight is 307 g/mol. The molecular weight excluding hydrogens is 288 g/mol. The summed E-state index contributed by atoms with van der Waals surface area (Å²) < 4.78 is 4.66. The quantitative estimate of drug-likeness (QED) is 0.607. The lowest BCUT2D eigenvalue weighted by atomic mass is 9.93. The molecular formula is C11H19BrN2O3. The van der Waals surface area contributed by atoms with Crippen LogP contribution in [-0.2, 0) is 14.3 Å². The van der Waals surface area contributed by atoms with Gasteiger partial charge in [0, 0.05) is 19.1 Å². The molecule has 1 rings (SSSR count). The molecule has 0 aromatic heterocycles. The number of ether oxygens (including phenoxy) is 1. The molecule has 1 amide bonds. The second kappa shape index (κ2) is 6.35. The highest BCUT2D eigenvalue weighted by Crippen LogP contribution is 2.22. The van der Waals surface area contributed by atoms with Crippen molar-refractivity contribution in [3.8, 4) is 0 Å². The number of methoxy groups -OCH3 is 1. The average Bonchev–Trinajstić information content (AvgIpc) is 2.30. The number of carbonyl (C=O) groups is 2. The van der Waals surface area contributed by atoms with E-state index in [1.165, 1.54) is 7.11 Å². The van der Waals surface area contributed by atoms with Crippen molar-refractivity contribution in [1.82, 2.24) is 4.90 Å². The van der Waals surface area contributed by atoms with E-state index >= 15 is 0 Å². The molecule has 0 bridgehead atoms. The van der Waals surface area contributed by atoms with Crippen molar-refractivity contribution in [2.45, 2.75) is 30.6 Å². The van der Waals surface area contributed by atoms with Crippen LogP contribution in [0.4, 0.5) is 0 Å². The van der Waals surface area contributed by atoms with Gasteiger partial charge in [-0.2, -0.15) is 0 Å². The maximum absolute atomic E-state index is 11.3. The van der Waals surface area contributed by atoms with Gasteiger partial charge in [-0.3, -0.25) is 14.5 Å². The first-order valence-electron chi connectivity index (χ1n) is 5.71. The first kappa shape index (κ1) is 14.4. The number of rotatable bonds is 4. The summed E-state index contributed by atoms with van der Waals surface area (Å²) in [7, 11) is 1.36. The minimum absolute atomic E-state index is 0.108. The van der Waals surface area contributed by atoms with E-state index in [1.807, 2.05) is 0 Å². The Morgan fingerprint density at radius 3 is 2.71 bits per heavy atom. The molecule has 6 heteroatoms. The van der Waals surface area contributed by atoms with Crippen molar-refractivity contribution in [3.63, 3.8) is 0 Å². The lowest BCUT2D eigenvalue weighted by molar-refractivity contribution is -0.140. The first-order chi connectivity index (χ1) is 7.95. The van der Waals surface area contributed by atoms with Crippen molar-refractivity contribution in [2.24, 2.45) is 11.7 Å². The van der Waals surface area contributed by atoms with Gasteiger partial charge in [0.05, 0.1) is 13.0 Å². The second-order valence-electron chi connectivity index (χ2n) is 4.47. The topological polar surface area (TPSA) is 72.6 Å². The fourth-order valence-corrected chi connectivity index (χ4v) is 2.63. The van der Waals surface area contributed by atoms with E-state index in [1.54, 1.807) is 0 Å². The summed E-state index contributed by atoms with van der Waals surface area (Å²) in [5.74, 6) is -0.659. The van der Waals surface area contributed by atoms with Crippen LogP contribution in [0.25, 0.3) is 0 Å². The largest absolute Gasteiger partial charge is 0.468 e. The number of esters is 1. The van der Waals surface area contributed by atoms with Gasteiger partial charge < -0.3 is 10.5 Å². The predicted molar refractivity (Wildman–Crippen MR) is 67.7 cm³/mol. The standard InChI is InChI=1S/C11H19BrN2O3/c1-7-3-4-8(10(13)15)5-14(7)6-9(12)11(16)17-2/h7-9H,3-6H2,1-2H3,(H2,13,15). The van der Waals surface area contributed by atoms with E-state index in [-0.39, 0.29) is 22.6 Å². The van der Waals surface area contributed by atoms with Gasteiger partial charge in [0.1, 0.15) is 4.83 Å². The zero-order valence-electron chi connectivity index (χ0n) is 10.2. The minimum Gasteiger partial charge on any atom is -0.468 e. The summed E-state index contributed by atoms with van der Waals surface area (Å²) in [5.41, 5.74) is 5.32. The zero-order chi connectivity index (χ0) is 13.0. The number of halogens is 1. The number of nitrogens with two attached hydrogens (primary N) is 1. The van der Waals surface area contributed by atoms with Gasteiger partial charge in [0.2, 0.25) is 5.91 Å². The normalized spacial score (nSPS) is 27.5. The molecule has 1 heterocycles. The Hall–Kier alpha value is -0.620. The van der Waals surface area contributed by atoms with Crippen LogP contribution in [0, 0.1) is 5.92 Å². The van der Waals surface area contributed by atoms with Crippen molar-refractivity contribution in [1.29, 1.82) is 0 Å². The highest BCUT2D eigenvalue weighted by Gasteiger charge is 2.31. The number of hydrogen-bond acceptors (Lipinski definition) is 4. The van der Waals surface area contributed by atoms with Crippen molar-refractivity contribution < 1.29 is 14.3 Å². The van der Waals surface area contributed by atoms with Crippen LogP contribution in [0.3, 0.4) is 0 Å².